The highest BCUT2D eigenvalue weighted by atomic mass is 16.5. The summed E-state index contributed by atoms with van der Waals surface area (Å²) in [6.45, 7) is 0. The zero-order chi connectivity index (χ0) is 29.4. The molecule has 0 radical (unpaired) electrons. The maximum Gasteiger partial charge on any atom is 0.171 e. The second-order valence-corrected chi connectivity index (χ2v) is 10.5. The van der Waals surface area contributed by atoms with Gasteiger partial charge in [-0.3, -0.25) is 4.79 Å². The molecule has 0 fully saturated rings. The number of carbonyl (C=O) groups excluding carboxylic acids is 1. The van der Waals surface area contributed by atoms with Crippen LogP contribution in [0.4, 0.5) is 0 Å². The lowest BCUT2D eigenvalue weighted by atomic mass is 9.67. The number of rotatable bonds is 7. The van der Waals surface area contributed by atoms with E-state index in [0.29, 0.717) is 34.4 Å². The SMILES string of the molecule is COc1ccc(-c2c(C3Cc4cc(OC)ccc4C(=O)C3c3ccc(OC)cc3)cc3cc(OC)ccc3c2O)cc1. The average Bonchev–Trinajstić information content (AvgIpc) is 3.04. The number of ether oxygens (including phenoxy) is 4. The van der Waals surface area contributed by atoms with Crippen molar-refractivity contribution in [3.8, 4) is 39.9 Å². The molecule has 0 saturated heterocycles. The van der Waals surface area contributed by atoms with Crippen LogP contribution in [-0.4, -0.2) is 39.3 Å². The van der Waals surface area contributed by atoms with Gasteiger partial charge in [0.05, 0.1) is 34.4 Å². The Kier molecular flexibility index (Phi) is 7.21. The van der Waals surface area contributed by atoms with Crippen LogP contribution in [0.5, 0.6) is 28.7 Å². The third-order valence-electron chi connectivity index (χ3n) is 8.31. The molecule has 0 aliphatic heterocycles. The predicted octanol–water partition coefficient (Wildman–Crippen LogP) is 7.55. The number of phenols is 1. The topological polar surface area (TPSA) is 74.2 Å². The molecule has 2 atom stereocenters. The number of methoxy groups -OCH3 is 4. The summed E-state index contributed by atoms with van der Waals surface area (Å²) in [5.74, 6) is 2.23. The van der Waals surface area contributed by atoms with Crippen molar-refractivity contribution in [2.45, 2.75) is 18.3 Å². The summed E-state index contributed by atoms with van der Waals surface area (Å²) < 4.78 is 21.8. The highest BCUT2D eigenvalue weighted by Gasteiger charge is 2.39. The highest BCUT2D eigenvalue weighted by molar-refractivity contribution is 6.05. The molecule has 0 aromatic heterocycles. The number of Topliss-reactive ketones (excluding diaryl/α,β-unsaturated/α-hetero) is 1. The zero-order valence-electron chi connectivity index (χ0n) is 24.0. The van der Waals surface area contributed by atoms with Crippen LogP contribution in [0.3, 0.4) is 0 Å². The van der Waals surface area contributed by atoms with Crippen molar-refractivity contribution >= 4 is 16.6 Å². The zero-order valence-corrected chi connectivity index (χ0v) is 24.0. The maximum absolute atomic E-state index is 14.4. The molecular weight excluding hydrogens is 528 g/mol. The van der Waals surface area contributed by atoms with Crippen molar-refractivity contribution in [2.75, 3.05) is 28.4 Å². The van der Waals surface area contributed by atoms with E-state index in [1.807, 2.05) is 84.9 Å². The largest absolute Gasteiger partial charge is 0.507 e. The lowest BCUT2D eigenvalue weighted by Gasteiger charge is -2.34. The van der Waals surface area contributed by atoms with Gasteiger partial charge >= 0.3 is 0 Å². The molecule has 0 spiro atoms. The van der Waals surface area contributed by atoms with Crippen molar-refractivity contribution in [1.29, 1.82) is 0 Å². The van der Waals surface area contributed by atoms with Gasteiger partial charge < -0.3 is 24.1 Å². The normalized spacial score (nSPS) is 16.1. The van der Waals surface area contributed by atoms with Crippen LogP contribution in [0, 0.1) is 0 Å². The lowest BCUT2D eigenvalue weighted by molar-refractivity contribution is 0.0935. The molecular formula is C36H32O6. The van der Waals surface area contributed by atoms with E-state index in [-0.39, 0.29) is 17.5 Å². The summed E-state index contributed by atoms with van der Waals surface area (Å²) in [6.07, 6.45) is 0.576. The quantitative estimate of drug-likeness (QED) is 0.222. The summed E-state index contributed by atoms with van der Waals surface area (Å²) in [4.78, 5) is 14.4. The fraction of sp³-hybridized carbons (Fsp3) is 0.194. The number of fused-ring (bicyclic) bond motifs is 2. The number of ketones is 1. The molecule has 5 aromatic rings. The molecule has 2 unspecified atom stereocenters. The summed E-state index contributed by atoms with van der Waals surface area (Å²) in [6, 6.07) is 28.7. The van der Waals surface area contributed by atoms with E-state index < -0.39 is 5.92 Å². The molecule has 1 N–H and O–H groups in total. The van der Waals surface area contributed by atoms with Gasteiger partial charge in [-0.05, 0) is 101 Å². The molecule has 0 heterocycles. The van der Waals surface area contributed by atoms with E-state index in [0.717, 1.165) is 39.1 Å². The highest BCUT2D eigenvalue weighted by Crippen LogP contribution is 2.50. The maximum atomic E-state index is 14.4. The van der Waals surface area contributed by atoms with Crippen LogP contribution in [0.15, 0.2) is 91.0 Å². The van der Waals surface area contributed by atoms with E-state index in [1.165, 1.54) is 0 Å². The van der Waals surface area contributed by atoms with E-state index in [9.17, 15) is 9.90 Å². The van der Waals surface area contributed by atoms with Crippen molar-refractivity contribution in [1.82, 2.24) is 0 Å². The van der Waals surface area contributed by atoms with Crippen molar-refractivity contribution in [3.63, 3.8) is 0 Å². The fourth-order valence-corrected chi connectivity index (χ4v) is 6.16. The Morgan fingerprint density at radius 1 is 0.667 bits per heavy atom. The molecule has 0 saturated carbocycles. The fourth-order valence-electron chi connectivity index (χ4n) is 6.16. The lowest BCUT2D eigenvalue weighted by Crippen LogP contribution is -2.29. The second-order valence-electron chi connectivity index (χ2n) is 10.5. The Labute approximate surface area is 245 Å². The minimum absolute atomic E-state index is 0.0278. The Bertz CT molecular complexity index is 1770. The first kappa shape index (κ1) is 27.2. The van der Waals surface area contributed by atoms with Crippen LogP contribution in [0.2, 0.25) is 0 Å². The minimum atomic E-state index is -0.490. The van der Waals surface area contributed by atoms with Gasteiger partial charge in [0.2, 0.25) is 0 Å². The monoisotopic (exact) mass is 560 g/mol. The molecule has 6 heteroatoms. The van der Waals surface area contributed by atoms with Gasteiger partial charge in [0, 0.05) is 22.4 Å². The van der Waals surface area contributed by atoms with E-state index in [4.69, 9.17) is 18.9 Å². The van der Waals surface area contributed by atoms with Gasteiger partial charge in [0.25, 0.3) is 0 Å². The van der Waals surface area contributed by atoms with Crippen LogP contribution in [0.1, 0.15) is 38.9 Å². The number of benzene rings is 5. The predicted molar refractivity (Wildman–Crippen MR) is 164 cm³/mol. The Morgan fingerprint density at radius 2 is 1.24 bits per heavy atom. The first-order valence-corrected chi connectivity index (χ1v) is 13.8. The van der Waals surface area contributed by atoms with Gasteiger partial charge in [0.15, 0.2) is 5.78 Å². The Hall–Kier alpha value is -4.97. The van der Waals surface area contributed by atoms with Crippen molar-refractivity contribution < 1.29 is 28.8 Å². The molecule has 42 heavy (non-hydrogen) atoms. The van der Waals surface area contributed by atoms with Gasteiger partial charge in [-0.25, -0.2) is 0 Å². The van der Waals surface area contributed by atoms with Gasteiger partial charge in [-0.1, -0.05) is 24.3 Å². The standard InChI is InChI=1S/C36H32O6/c1-39-25-9-5-21(6-10-25)33-31(19-23-17-27(41-3)13-15-29(23)35(33)37)32-20-24-18-28(42-4)14-16-30(24)36(38)34(32)22-7-11-26(40-2)12-8-22/h5-19,32,34,37H,20H2,1-4H3. The van der Waals surface area contributed by atoms with Crippen LogP contribution in [0.25, 0.3) is 21.9 Å². The summed E-state index contributed by atoms with van der Waals surface area (Å²) in [5, 5.41) is 13.4. The van der Waals surface area contributed by atoms with Crippen molar-refractivity contribution in [2.24, 2.45) is 0 Å². The van der Waals surface area contributed by atoms with Gasteiger partial charge in [-0.15, -0.1) is 0 Å². The second kappa shape index (κ2) is 11.1. The summed E-state index contributed by atoms with van der Waals surface area (Å²) in [5.41, 5.74) is 4.89. The first-order chi connectivity index (χ1) is 20.4. The smallest absolute Gasteiger partial charge is 0.171 e. The molecule has 5 aromatic carbocycles. The molecule has 0 bridgehead atoms. The van der Waals surface area contributed by atoms with Crippen molar-refractivity contribution in [3.05, 3.63) is 113 Å². The minimum Gasteiger partial charge on any atom is -0.507 e. The molecule has 6 nitrogen and oxygen atoms in total. The van der Waals surface area contributed by atoms with Crippen LogP contribution >= 0.6 is 0 Å². The number of hydrogen-bond acceptors (Lipinski definition) is 6. The van der Waals surface area contributed by atoms with Crippen LogP contribution in [-0.2, 0) is 6.42 Å². The molecule has 1 aliphatic rings. The third kappa shape index (κ3) is 4.69. The summed E-state index contributed by atoms with van der Waals surface area (Å²) >= 11 is 0. The molecule has 0 amide bonds. The van der Waals surface area contributed by atoms with Gasteiger partial charge in [0.1, 0.15) is 28.7 Å². The average molecular weight is 561 g/mol. The van der Waals surface area contributed by atoms with Gasteiger partial charge in [-0.2, -0.15) is 0 Å². The summed E-state index contributed by atoms with van der Waals surface area (Å²) in [7, 11) is 6.50. The number of phenolic OH excluding ortho intramolecular Hbond substituents is 1. The first-order valence-electron chi connectivity index (χ1n) is 13.8. The van der Waals surface area contributed by atoms with E-state index >= 15 is 0 Å². The Balaban J connectivity index is 1.63. The Morgan fingerprint density at radius 3 is 1.88 bits per heavy atom. The number of carbonyl (C=O) groups is 1. The molecule has 1 aliphatic carbocycles. The van der Waals surface area contributed by atoms with E-state index in [1.54, 1.807) is 28.4 Å². The number of aromatic hydroxyl groups is 1. The number of hydrogen-bond donors (Lipinski definition) is 1. The van der Waals surface area contributed by atoms with Crippen LogP contribution < -0.4 is 18.9 Å². The molecule has 6 rings (SSSR count). The third-order valence-corrected chi connectivity index (χ3v) is 8.31. The van der Waals surface area contributed by atoms with E-state index in [2.05, 4.69) is 6.07 Å². The molecule has 212 valence electrons.